The fourth-order valence-electron chi connectivity index (χ4n) is 2.47. The molecular weight excluding hydrogens is 348 g/mol. The summed E-state index contributed by atoms with van der Waals surface area (Å²) in [7, 11) is 3.85. The molecule has 0 heterocycles. The summed E-state index contributed by atoms with van der Waals surface area (Å²) in [5.41, 5.74) is 0.626. The van der Waals surface area contributed by atoms with Gasteiger partial charge in [-0.25, -0.2) is 9.59 Å². The Morgan fingerprint density at radius 1 is 0.960 bits per heavy atom. The van der Waals surface area contributed by atoms with Gasteiger partial charge in [0, 0.05) is 11.1 Å². The second-order valence-corrected chi connectivity index (χ2v) is 5.50. The van der Waals surface area contributed by atoms with Gasteiger partial charge < -0.3 is 19.3 Å². The molecule has 0 radical (unpaired) electrons. The van der Waals surface area contributed by atoms with Crippen molar-refractivity contribution in [2.24, 2.45) is 0 Å². The van der Waals surface area contributed by atoms with E-state index in [-0.39, 0.29) is 27.3 Å². The molecule has 0 saturated heterocycles. The van der Waals surface area contributed by atoms with Crippen molar-refractivity contribution in [1.82, 2.24) is 0 Å². The maximum Gasteiger partial charge on any atom is 0.342 e. The van der Waals surface area contributed by atoms with Gasteiger partial charge in [0.15, 0.2) is 0 Å². The summed E-state index contributed by atoms with van der Waals surface area (Å²) in [4.78, 5) is 24.5. The molecule has 2 rings (SSSR count). The van der Waals surface area contributed by atoms with Crippen molar-refractivity contribution < 1.29 is 28.9 Å². The Balaban J connectivity index is 2.91. The van der Waals surface area contributed by atoms with E-state index in [1.807, 2.05) is 0 Å². The lowest BCUT2D eigenvalue weighted by Crippen LogP contribution is -2.15. The number of hydrogen-bond acceptors (Lipinski definition) is 6. The first kappa shape index (κ1) is 18.6. The molecule has 0 fully saturated rings. The number of hydrogen-bond donors (Lipinski definition) is 1. The Kier molecular flexibility index (Phi) is 5.54. The summed E-state index contributed by atoms with van der Waals surface area (Å²) in [6, 6.07) is 6.74. The van der Waals surface area contributed by atoms with Crippen molar-refractivity contribution >= 4 is 23.5 Å². The maximum atomic E-state index is 12.4. The van der Waals surface area contributed by atoms with Gasteiger partial charge in [-0.1, -0.05) is 23.7 Å². The van der Waals surface area contributed by atoms with Crippen molar-refractivity contribution in [3.05, 3.63) is 46.0 Å². The number of halogens is 1. The Bertz CT molecular complexity index is 827. The van der Waals surface area contributed by atoms with Crippen LogP contribution in [0.4, 0.5) is 0 Å². The smallest absolute Gasteiger partial charge is 0.342 e. The van der Waals surface area contributed by atoms with Crippen molar-refractivity contribution in [2.45, 2.75) is 6.92 Å². The van der Waals surface area contributed by atoms with Crippen LogP contribution in [-0.4, -0.2) is 38.4 Å². The van der Waals surface area contributed by atoms with Gasteiger partial charge in [0.2, 0.25) is 0 Å². The van der Waals surface area contributed by atoms with Crippen LogP contribution in [0.1, 0.15) is 26.3 Å². The molecule has 1 N–H and O–H groups in total. The highest BCUT2D eigenvalue weighted by molar-refractivity contribution is 6.36. The Morgan fingerprint density at radius 3 is 1.96 bits per heavy atom. The van der Waals surface area contributed by atoms with E-state index in [1.54, 1.807) is 24.3 Å². The van der Waals surface area contributed by atoms with E-state index < -0.39 is 17.7 Å². The summed E-state index contributed by atoms with van der Waals surface area (Å²) in [6.07, 6.45) is 0. The zero-order chi connectivity index (χ0) is 18.7. The number of phenolic OH excluding ortho intramolecular Hbond substituents is 1. The average molecular weight is 365 g/mol. The van der Waals surface area contributed by atoms with Crippen LogP contribution in [0.25, 0.3) is 11.1 Å². The summed E-state index contributed by atoms with van der Waals surface area (Å²) in [5.74, 6) is -1.49. The lowest BCUT2D eigenvalue weighted by atomic mass is 9.91. The van der Waals surface area contributed by atoms with E-state index >= 15 is 0 Å². The van der Waals surface area contributed by atoms with Gasteiger partial charge in [-0.3, -0.25) is 0 Å². The number of methoxy groups -OCH3 is 3. The van der Waals surface area contributed by atoms with Gasteiger partial charge in [-0.05, 0) is 24.6 Å². The van der Waals surface area contributed by atoms with Crippen LogP contribution < -0.4 is 4.74 Å². The van der Waals surface area contributed by atoms with Crippen molar-refractivity contribution in [1.29, 1.82) is 0 Å². The minimum atomic E-state index is -0.868. The molecule has 0 spiro atoms. The highest BCUT2D eigenvalue weighted by atomic mass is 35.5. The second-order valence-electron chi connectivity index (χ2n) is 5.12. The fourth-order valence-corrected chi connectivity index (χ4v) is 2.76. The molecule has 0 bridgehead atoms. The van der Waals surface area contributed by atoms with Crippen LogP contribution in [0.3, 0.4) is 0 Å². The first-order valence-corrected chi connectivity index (χ1v) is 7.61. The molecule has 0 aliphatic heterocycles. The molecule has 0 aliphatic rings. The fraction of sp³-hybridized carbons (Fsp3) is 0.222. The van der Waals surface area contributed by atoms with E-state index in [2.05, 4.69) is 0 Å². The Labute approximate surface area is 149 Å². The highest BCUT2D eigenvalue weighted by Gasteiger charge is 2.31. The number of rotatable bonds is 4. The SMILES string of the molecule is COC(=O)c1c(O)c(C)c(Cl)c(-c2ccc(OC)cc2)c1C(=O)OC. The Morgan fingerprint density at radius 2 is 1.48 bits per heavy atom. The third kappa shape index (κ3) is 3.25. The number of carbonyl (C=O) groups excluding carboxylic acids is 2. The van der Waals surface area contributed by atoms with E-state index in [9.17, 15) is 14.7 Å². The van der Waals surface area contributed by atoms with Crippen LogP contribution >= 0.6 is 11.6 Å². The van der Waals surface area contributed by atoms with Gasteiger partial charge in [-0.2, -0.15) is 0 Å². The topological polar surface area (TPSA) is 82.1 Å². The Hall–Kier alpha value is -2.73. The molecule has 0 unspecified atom stereocenters. The number of esters is 2. The van der Waals surface area contributed by atoms with Gasteiger partial charge in [0.1, 0.15) is 17.1 Å². The monoisotopic (exact) mass is 364 g/mol. The second kappa shape index (κ2) is 7.44. The van der Waals surface area contributed by atoms with Crippen molar-refractivity contribution in [2.75, 3.05) is 21.3 Å². The van der Waals surface area contributed by atoms with Crippen molar-refractivity contribution in [3.63, 3.8) is 0 Å². The summed E-state index contributed by atoms with van der Waals surface area (Å²) >= 11 is 6.38. The molecule has 7 heteroatoms. The van der Waals surface area contributed by atoms with Crippen LogP contribution in [0.2, 0.25) is 5.02 Å². The van der Waals surface area contributed by atoms with Gasteiger partial charge in [0.25, 0.3) is 0 Å². The quantitative estimate of drug-likeness (QED) is 0.835. The molecule has 0 atom stereocenters. The van der Waals surface area contributed by atoms with Crippen LogP contribution in [0, 0.1) is 6.92 Å². The molecule has 0 aliphatic carbocycles. The molecule has 0 saturated carbocycles. The molecule has 132 valence electrons. The third-order valence-electron chi connectivity index (χ3n) is 3.80. The molecule has 6 nitrogen and oxygen atoms in total. The first-order valence-electron chi connectivity index (χ1n) is 7.23. The van der Waals surface area contributed by atoms with E-state index in [4.69, 9.17) is 25.8 Å². The summed E-state index contributed by atoms with van der Waals surface area (Å²) in [6.45, 7) is 1.54. The van der Waals surface area contributed by atoms with Gasteiger partial charge >= 0.3 is 11.9 Å². The third-order valence-corrected chi connectivity index (χ3v) is 4.27. The van der Waals surface area contributed by atoms with E-state index in [0.717, 1.165) is 7.11 Å². The zero-order valence-electron chi connectivity index (χ0n) is 14.2. The molecule has 2 aromatic carbocycles. The first-order chi connectivity index (χ1) is 11.9. The van der Waals surface area contributed by atoms with Gasteiger partial charge in [-0.15, -0.1) is 0 Å². The van der Waals surface area contributed by atoms with Gasteiger partial charge in [0.05, 0.1) is 31.9 Å². The van der Waals surface area contributed by atoms with E-state index in [1.165, 1.54) is 21.1 Å². The predicted octanol–water partition coefficient (Wildman–Crippen LogP) is 3.60. The lowest BCUT2D eigenvalue weighted by molar-refractivity contribution is 0.0552. The maximum absolute atomic E-state index is 12.4. The minimum Gasteiger partial charge on any atom is -0.507 e. The largest absolute Gasteiger partial charge is 0.507 e. The number of benzene rings is 2. The number of aromatic hydroxyl groups is 1. The molecule has 0 amide bonds. The normalized spacial score (nSPS) is 10.3. The summed E-state index contributed by atoms with van der Waals surface area (Å²) in [5, 5.41) is 10.5. The molecule has 2 aromatic rings. The van der Waals surface area contributed by atoms with Crippen LogP contribution in [0.5, 0.6) is 11.5 Å². The number of carbonyl (C=O) groups is 2. The standard InChI is InChI=1S/C18H17ClO6/c1-9-15(19)12(10-5-7-11(23-2)8-6-10)13(17(21)24-3)14(16(9)20)18(22)25-4/h5-8,20H,1-4H3. The van der Waals surface area contributed by atoms with Crippen LogP contribution in [0.15, 0.2) is 24.3 Å². The van der Waals surface area contributed by atoms with Crippen molar-refractivity contribution in [3.8, 4) is 22.6 Å². The predicted molar refractivity (Wildman–Crippen MR) is 92.5 cm³/mol. The molecular formula is C18H17ClO6. The average Bonchev–Trinajstić information content (AvgIpc) is 2.64. The van der Waals surface area contributed by atoms with E-state index in [0.29, 0.717) is 11.3 Å². The highest BCUT2D eigenvalue weighted by Crippen LogP contribution is 2.42. The zero-order valence-corrected chi connectivity index (χ0v) is 14.9. The minimum absolute atomic E-state index is 0.135. The number of phenols is 1. The lowest BCUT2D eigenvalue weighted by Gasteiger charge is -2.18. The number of ether oxygens (including phenoxy) is 3. The summed E-state index contributed by atoms with van der Waals surface area (Å²) < 4.78 is 14.6. The molecule has 0 aromatic heterocycles. The molecule has 25 heavy (non-hydrogen) atoms. The van der Waals surface area contributed by atoms with Crippen LogP contribution in [-0.2, 0) is 9.47 Å².